The molecule has 0 saturated heterocycles. The van der Waals surface area contributed by atoms with E-state index in [0.29, 0.717) is 0 Å². The zero-order valence-corrected chi connectivity index (χ0v) is 13.0. The van der Waals surface area contributed by atoms with E-state index in [1.807, 2.05) is 48.3 Å². The molecule has 0 amide bonds. The average molecular weight is 303 g/mol. The third-order valence-electron chi connectivity index (χ3n) is 3.27. The van der Waals surface area contributed by atoms with E-state index in [1.54, 1.807) is 0 Å². The van der Waals surface area contributed by atoms with Crippen molar-refractivity contribution in [3.63, 3.8) is 0 Å². The van der Waals surface area contributed by atoms with Crippen LogP contribution in [-0.2, 0) is 5.75 Å². The lowest BCUT2D eigenvalue weighted by Gasteiger charge is -2.05. The van der Waals surface area contributed by atoms with Crippen molar-refractivity contribution in [2.75, 3.05) is 0 Å². The minimum absolute atomic E-state index is 0.969. The maximum atomic E-state index is 4.55. The summed E-state index contributed by atoms with van der Waals surface area (Å²) in [5, 5.41) is 0. The Hall–Kier alpha value is -2.32. The van der Waals surface area contributed by atoms with Gasteiger partial charge in [0.2, 0.25) is 0 Å². The van der Waals surface area contributed by atoms with Gasteiger partial charge in [-0.05, 0) is 23.8 Å². The smallest absolute Gasteiger partial charge is 0.0629 e. The number of nitrogens with zero attached hydrogens (tertiary/aromatic N) is 1. The fourth-order valence-electron chi connectivity index (χ4n) is 2.11. The van der Waals surface area contributed by atoms with Crippen LogP contribution in [0.3, 0.4) is 0 Å². The van der Waals surface area contributed by atoms with Gasteiger partial charge in [0.1, 0.15) is 0 Å². The van der Waals surface area contributed by atoms with Crippen molar-refractivity contribution >= 4 is 23.7 Å². The summed E-state index contributed by atoms with van der Waals surface area (Å²) in [6.07, 6.45) is 1.95. The molecule has 0 saturated carbocycles. The average Bonchev–Trinajstić information content (AvgIpc) is 2.61. The Morgan fingerprint density at radius 2 is 1.36 bits per heavy atom. The lowest BCUT2D eigenvalue weighted by Crippen LogP contribution is -1.87. The van der Waals surface area contributed by atoms with Gasteiger partial charge in [-0.1, -0.05) is 66.7 Å². The van der Waals surface area contributed by atoms with Gasteiger partial charge in [-0.15, -0.1) is 11.8 Å². The van der Waals surface area contributed by atoms with Crippen LogP contribution in [0.4, 0.5) is 5.69 Å². The van der Waals surface area contributed by atoms with E-state index in [4.69, 9.17) is 0 Å². The zero-order chi connectivity index (χ0) is 15.0. The maximum Gasteiger partial charge on any atom is 0.0629 e. The number of aliphatic imine (C=N–C) groups is 1. The monoisotopic (exact) mass is 303 g/mol. The molecule has 0 N–H and O–H groups in total. The van der Waals surface area contributed by atoms with Crippen molar-refractivity contribution in [1.29, 1.82) is 0 Å². The van der Waals surface area contributed by atoms with Crippen molar-refractivity contribution in [3.8, 4) is 0 Å². The van der Waals surface area contributed by atoms with E-state index in [-0.39, 0.29) is 0 Å². The number of rotatable bonds is 5. The number of hydrogen-bond acceptors (Lipinski definition) is 2. The van der Waals surface area contributed by atoms with Gasteiger partial charge >= 0.3 is 0 Å². The maximum absolute atomic E-state index is 4.55. The van der Waals surface area contributed by atoms with Crippen LogP contribution in [0.5, 0.6) is 0 Å². The standard InChI is InChI=1S/C20H17NS/c1-3-9-17(10-4-1)16-22-20-14-8-7-11-18(20)15-21-19-12-5-2-6-13-19/h1-15H,16H2. The first-order valence-electron chi connectivity index (χ1n) is 7.27. The molecule has 2 heteroatoms. The van der Waals surface area contributed by atoms with Crippen LogP contribution < -0.4 is 0 Å². The van der Waals surface area contributed by atoms with Gasteiger partial charge in [0.15, 0.2) is 0 Å². The van der Waals surface area contributed by atoms with Crippen LogP contribution in [0.1, 0.15) is 11.1 Å². The predicted octanol–water partition coefficient (Wildman–Crippen LogP) is 5.73. The predicted molar refractivity (Wildman–Crippen MR) is 96.1 cm³/mol. The lowest BCUT2D eigenvalue weighted by atomic mass is 10.2. The van der Waals surface area contributed by atoms with E-state index < -0.39 is 0 Å². The number of hydrogen-bond donors (Lipinski definition) is 0. The molecule has 0 radical (unpaired) electrons. The topological polar surface area (TPSA) is 12.4 Å². The van der Waals surface area contributed by atoms with Crippen LogP contribution in [0.15, 0.2) is 94.8 Å². The summed E-state index contributed by atoms with van der Waals surface area (Å²) < 4.78 is 0. The molecule has 0 aliphatic carbocycles. The highest BCUT2D eigenvalue weighted by molar-refractivity contribution is 7.98. The van der Waals surface area contributed by atoms with Gasteiger partial charge in [0.25, 0.3) is 0 Å². The Morgan fingerprint density at radius 1 is 0.727 bits per heavy atom. The second-order valence-corrected chi connectivity index (χ2v) is 5.92. The summed E-state index contributed by atoms with van der Waals surface area (Å²) in [6.45, 7) is 0. The lowest BCUT2D eigenvalue weighted by molar-refractivity contribution is 1.37. The van der Waals surface area contributed by atoms with E-state index in [9.17, 15) is 0 Å². The summed E-state index contributed by atoms with van der Waals surface area (Å²) in [4.78, 5) is 5.81. The molecule has 1 nitrogen and oxygen atoms in total. The molecule has 108 valence electrons. The molecule has 3 aromatic rings. The van der Waals surface area contributed by atoms with Crippen LogP contribution >= 0.6 is 11.8 Å². The fraction of sp³-hybridized carbons (Fsp3) is 0.0500. The highest BCUT2D eigenvalue weighted by Crippen LogP contribution is 2.25. The Labute approximate surface area is 135 Å². The third-order valence-corrected chi connectivity index (χ3v) is 4.43. The first-order chi connectivity index (χ1) is 10.9. The summed E-state index contributed by atoms with van der Waals surface area (Å²) in [5.41, 5.74) is 3.47. The number of thioether (sulfide) groups is 1. The van der Waals surface area contributed by atoms with Gasteiger partial charge in [0.05, 0.1) is 5.69 Å². The van der Waals surface area contributed by atoms with E-state index >= 15 is 0 Å². The fourth-order valence-corrected chi connectivity index (χ4v) is 3.09. The van der Waals surface area contributed by atoms with Gasteiger partial charge in [-0.2, -0.15) is 0 Å². The quantitative estimate of drug-likeness (QED) is 0.433. The van der Waals surface area contributed by atoms with Crippen molar-refractivity contribution < 1.29 is 0 Å². The minimum Gasteiger partial charge on any atom is -0.256 e. The Kier molecular flexibility index (Phi) is 5.06. The summed E-state index contributed by atoms with van der Waals surface area (Å²) in [5.74, 6) is 0.969. The number of benzene rings is 3. The van der Waals surface area contributed by atoms with Crippen LogP contribution in [0, 0.1) is 0 Å². The SMILES string of the molecule is C(=Nc1ccccc1)c1ccccc1SCc1ccccc1. The molecule has 0 bridgehead atoms. The normalized spacial score (nSPS) is 10.9. The Bertz CT molecular complexity index is 736. The zero-order valence-electron chi connectivity index (χ0n) is 12.2. The van der Waals surface area contributed by atoms with E-state index in [1.165, 1.54) is 10.5 Å². The van der Waals surface area contributed by atoms with E-state index in [2.05, 4.69) is 59.6 Å². The summed E-state index contributed by atoms with van der Waals surface area (Å²) in [7, 11) is 0. The molecule has 3 aromatic carbocycles. The molecular formula is C20H17NS. The first-order valence-corrected chi connectivity index (χ1v) is 8.25. The van der Waals surface area contributed by atoms with Crippen molar-refractivity contribution in [1.82, 2.24) is 0 Å². The molecule has 0 unspecified atom stereocenters. The molecule has 0 spiro atoms. The van der Waals surface area contributed by atoms with Gasteiger partial charge in [0, 0.05) is 22.4 Å². The van der Waals surface area contributed by atoms with Gasteiger partial charge in [-0.25, -0.2) is 0 Å². The minimum atomic E-state index is 0.969. The van der Waals surface area contributed by atoms with Gasteiger partial charge in [-0.3, -0.25) is 4.99 Å². The van der Waals surface area contributed by atoms with E-state index in [0.717, 1.165) is 17.0 Å². The molecular weight excluding hydrogens is 286 g/mol. The molecule has 0 aliphatic rings. The number of para-hydroxylation sites is 1. The Balaban J connectivity index is 1.74. The van der Waals surface area contributed by atoms with Crippen LogP contribution in [0.25, 0.3) is 0 Å². The molecule has 0 heterocycles. The molecule has 0 atom stereocenters. The van der Waals surface area contributed by atoms with Crippen LogP contribution in [0.2, 0.25) is 0 Å². The first kappa shape index (κ1) is 14.6. The summed E-state index contributed by atoms with van der Waals surface area (Å²) >= 11 is 1.84. The van der Waals surface area contributed by atoms with Gasteiger partial charge < -0.3 is 0 Å². The second kappa shape index (κ2) is 7.62. The molecule has 3 rings (SSSR count). The van der Waals surface area contributed by atoms with Crippen molar-refractivity contribution in [2.24, 2.45) is 4.99 Å². The van der Waals surface area contributed by atoms with Crippen molar-refractivity contribution in [2.45, 2.75) is 10.6 Å². The summed E-state index contributed by atoms with van der Waals surface area (Å²) in [6, 6.07) is 29.0. The molecule has 0 fully saturated rings. The van der Waals surface area contributed by atoms with Crippen molar-refractivity contribution in [3.05, 3.63) is 96.1 Å². The largest absolute Gasteiger partial charge is 0.256 e. The molecule has 0 aliphatic heterocycles. The second-order valence-electron chi connectivity index (χ2n) is 4.91. The molecule has 22 heavy (non-hydrogen) atoms. The third kappa shape index (κ3) is 4.09. The van der Waals surface area contributed by atoms with Crippen LogP contribution in [-0.4, -0.2) is 6.21 Å². The highest BCUT2D eigenvalue weighted by atomic mass is 32.2. The Morgan fingerprint density at radius 3 is 2.14 bits per heavy atom. The highest BCUT2D eigenvalue weighted by Gasteiger charge is 2.01. The molecule has 0 aromatic heterocycles.